The van der Waals surface area contributed by atoms with Crippen molar-refractivity contribution in [1.82, 2.24) is 5.32 Å². The molecule has 25 heavy (non-hydrogen) atoms. The van der Waals surface area contributed by atoms with Gasteiger partial charge in [-0.3, -0.25) is 4.79 Å². The predicted octanol–water partition coefficient (Wildman–Crippen LogP) is 2.98. The van der Waals surface area contributed by atoms with E-state index in [2.05, 4.69) is 21.2 Å². The van der Waals surface area contributed by atoms with Gasteiger partial charge < -0.3 is 20.3 Å². The van der Waals surface area contributed by atoms with Crippen LogP contribution in [0.15, 0.2) is 28.7 Å². The molecule has 1 amide bonds. The zero-order chi connectivity index (χ0) is 18.6. The number of hydrogen-bond donors (Lipinski definition) is 3. The number of benzene rings is 1. The van der Waals surface area contributed by atoms with Gasteiger partial charge in [0.25, 0.3) is 0 Å². The van der Waals surface area contributed by atoms with Crippen LogP contribution in [0.1, 0.15) is 22.2 Å². The summed E-state index contributed by atoms with van der Waals surface area (Å²) in [5.41, 5.74) is 1.64. The van der Waals surface area contributed by atoms with E-state index >= 15 is 0 Å². The highest BCUT2D eigenvalue weighted by Crippen LogP contribution is 2.45. The van der Waals surface area contributed by atoms with E-state index in [0.29, 0.717) is 15.9 Å². The number of hydrogen-bond acceptors (Lipinski definition) is 5. The van der Waals surface area contributed by atoms with Crippen molar-refractivity contribution in [3.8, 4) is 16.2 Å². The maximum atomic E-state index is 11.4. The molecule has 0 unspecified atom stereocenters. The Bertz CT molecular complexity index is 815. The van der Waals surface area contributed by atoms with Gasteiger partial charge >= 0.3 is 11.9 Å². The summed E-state index contributed by atoms with van der Waals surface area (Å²) in [6.45, 7) is 1.20. The fourth-order valence-corrected chi connectivity index (χ4v) is 3.88. The van der Waals surface area contributed by atoms with Crippen molar-refractivity contribution in [1.29, 1.82) is 0 Å². The fourth-order valence-electron chi connectivity index (χ4n) is 1.99. The summed E-state index contributed by atoms with van der Waals surface area (Å²) in [4.78, 5) is 33.5. The van der Waals surface area contributed by atoms with E-state index in [1.807, 2.05) is 12.1 Å². The lowest BCUT2D eigenvalue weighted by molar-refractivity contribution is -0.139. The highest BCUT2D eigenvalue weighted by molar-refractivity contribution is 9.10. The Labute approximate surface area is 155 Å². The van der Waals surface area contributed by atoms with Crippen LogP contribution in [0.25, 0.3) is 10.4 Å². The fraction of sp³-hybridized carbons (Fsp3) is 0.188. The second-order valence-electron chi connectivity index (χ2n) is 5.00. The van der Waals surface area contributed by atoms with E-state index < -0.39 is 18.5 Å². The van der Waals surface area contributed by atoms with Gasteiger partial charge in [0.2, 0.25) is 5.91 Å². The second-order valence-corrected chi connectivity index (χ2v) is 6.81. The van der Waals surface area contributed by atoms with E-state index in [9.17, 15) is 19.5 Å². The Balaban J connectivity index is 2.32. The number of nitrogens with one attached hydrogen (secondary N) is 1. The first kappa shape index (κ1) is 18.9. The highest BCUT2D eigenvalue weighted by Gasteiger charge is 2.24. The van der Waals surface area contributed by atoms with Gasteiger partial charge in [-0.2, -0.15) is 0 Å². The number of carbonyl (C=O) groups is 3. The lowest BCUT2D eigenvalue weighted by Gasteiger charge is -2.05. The van der Waals surface area contributed by atoms with Crippen LogP contribution in [0.5, 0.6) is 5.75 Å². The van der Waals surface area contributed by atoms with Crippen LogP contribution in [-0.4, -0.2) is 34.7 Å². The van der Waals surface area contributed by atoms with Gasteiger partial charge in [0, 0.05) is 13.5 Å². The van der Waals surface area contributed by atoms with Crippen molar-refractivity contribution in [2.45, 2.75) is 13.5 Å². The number of rotatable bonds is 7. The lowest BCUT2D eigenvalue weighted by atomic mass is 10.1. The molecular formula is C16H14BrNO6S. The van der Waals surface area contributed by atoms with E-state index in [-0.39, 0.29) is 16.5 Å². The third kappa shape index (κ3) is 4.80. The zero-order valence-electron chi connectivity index (χ0n) is 13.0. The van der Waals surface area contributed by atoms with Crippen LogP contribution in [0, 0.1) is 0 Å². The molecule has 2 rings (SSSR count). The predicted molar refractivity (Wildman–Crippen MR) is 95.1 cm³/mol. The average molecular weight is 428 g/mol. The van der Waals surface area contributed by atoms with Crippen molar-refractivity contribution in [3.63, 3.8) is 0 Å². The van der Waals surface area contributed by atoms with Crippen molar-refractivity contribution in [2.24, 2.45) is 0 Å². The number of carboxylic acids is 2. The number of carboxylic acid groups (broad SMARTS) is 2. The number of amides is 1. The molecule has 0 saturated carbocycles. The van der Waals surface area contributed by atoms with Crippen LogP contribution in [0.3, 0.4) is 0 Å². The van der Waals surface area contributed by atoms with Gasteiger partial charge in [-0.05, 0) is 27.1 Å². The summed E-state index contributed by atoms with van der Waals surface area (Å²) in [7, 11) is 0. The maximum absolute atomic E-state index is 11.4. The molecule has 0 atom stereocenters. The largest absolute Gasteiger partial charge is 0.479 e. The molecule has 1 aromatic carbocycles. The first-order valence-corrected chi connectivity index (χ1v) is 8.64. The summed E-state index contributed by atoms with van der Waals surface area (Å²) in [6.07, 6.45) is 0. The summed E-state index contributed by atoms with van der Waals surface area (Å²) in [5, 5.41) is 20.7. The van der Waals surface area contributed by atoms with Crippen LogP contribution < -0.4 is 10.1 Å². The van der Waals surface area contributed by atoms with Gasteiger partial charge in [-0.25, -0.2) is 9.59 Å². The molecule has 0 aliphatic rings. The van der Waals surface area contributed by atoms with Gasteiger partial charge in [0.05, 0.1) is 9.35 Å². The quantitative estimate of drug-likeness (QED) is 0.625. The molecule has 3 N–H and O–H groups in total. The van der Waals surface area contributed by atoms with Gasteiger partial charge in [-0.15, -0.1) is 11.3 Å². The first-order valence-electron chi connectivity index (χ1n) is 7.03. The average Bonchev–Trinajstić information content (AvgIpc) is 2.88. The molecular weight excluding hydrogens is 414 g/mol. The monoisotopic (exact) mass is 427 g/mol. The minimum atomic E-state index is -1.20. The summed E-state index contributed by atoms with van der Waals surface area (Å²) in [5.74, 6) is -2.52. The molecule has 0 fully saturated rings. The Morgan fingerprint density at radius 3 is 2.36 bits per heavy atom. The SMILES string of the molecule is CC(=O)NCc1ccc(-c2sc(C(=O)O)c(OCC(=O)O)c2Br)cc1. The van der Waals surface area contributed by atoms with Gasteiger partial charge in [-0.1, -0.05) is 24.3 Å². The molecule has 132 valence electrons. The van der Waals surface area contributed by atoms with Crippen molar-refractivity contribution in [3.05, 3.63) is 39.2 Å². The number of thiophene rings is 1. The third-order valence-corrected chi connectivity index (χ3v) is 5.33. The molecule has 9 heteroatoms. The van der Waals surface area contributed by atoms with Gasteiger partial charge in [0.15, 0.2) is 17.2 Å². The van der Waals surface area contributed by atoms with Crippen LogP contribution in [-0.2, 0) is 16.1 Å². The minimum absolute atomic E-state index is 0.00257. The van der Waals surface area contributed by atoms with Crippen LogP contribution in [0.4, 0.5) is 0 Å². The lowest BCUT2D eigenvalue weighted by Crippen LogP contribution is -2.18. The molecule has 1 heterocycles. The molecule has 0 aliphatic heterocycles. The zero-order valence-corrected chi connectivity index (χ0v) is 15.4. The summed E-state index contributed by atoms with van der Waals surface area (Å²) < 4.78 is 5.51. The Morgan fingerprint density at radius 2 is 1.84 bits per heavy atom. The third-order valence-electron chi connectivity index (χ3n) is 3.10. The molecule has 1 aromatic heterocycles. The number of halogens is 1. The molecule has 2 aromatic rings. The van der Waals surface area contributed by atoms with Crippen LogP contribution >= 0.6 is 27.3 Å². The topological polar surface area (TPSA) is 113 Å². The first-order chi connectivity index (χ1) is 11.8. The highest BCUT2D eigenvalue weighted by atomic mass is 79.9. The van der Waals surface area contributed by atoms with Crippen molar-refractivity contribution in [2.75, 3.05) is 6.61 Å². The molecule has 0 aliphatic carbocycles. The number of aromatic carboxylic acids is 1. The maximum Gasteiger partial charge on any atom is 0.349 e. The Morgan fingerprint density at radius 1 is 1.20 bits per heavy atom. The molecule has 0 bridgehead atoms. The van der Waals surface area contributed by atoms with E-state index in [1.165, 1.54) is 6.92 Å². The number of carbonyl (C=O) groups excluding carboxylic acids is 1. The van der Waals surface area contributed by atoms with E-state index in [1.54, 1.807) is 12.1 Å². The standard InChI is InChI=1S/C16H14BrNO6S/c1-8(19)18-6-9-2-4-10(5-3-9)14-12(17)13(24-7-11(20)21)15(25-14)16(22)23/h2-5H,6-7H2,1H3,(H,18,19)(H,20,21)(H,22,23). The van der Waals surface area contributed by atoms with Crippen molar-refractivity contribution >= 4 is 45.1 Å². The smallest absolute Gasteiger partial charge is 0.349 e. The van der Waals surface area contributed by atoms with E-state index in [4.69, 9.17) is 9.84 Å². The number of aliphatic carboxylic acids is 1. The van der Waals surface area contributed by atoms with Crippen LogP contribution in [0.2, 0.25) is 0 Å². The summed E-state index contributed by atoms with van der Waals surface area (Å²) in [6, 6.07) is 7.21. The van der Waals surface area contributed by atoms with E-state index in [0.717, 1.165) is 22.5 Å². The second kappa shape index (κ2) is 8.13. The molecule has 0 radical (unpaired) electrons. The van der Waals surface area contributed by atoms with Gasteiger partial charge in [0.1, 0.15) is 0 Å². The molecule has 0 saturated heterocycles. The Kier molecular flexibility index (Phi) is 6.16. The number of ether oxygens (including phenoxy) is 1. The molecule has 7 nitrogen and oxygen atoms in total. The minimum Gasteiger partial charge on any atom is -0.479 e. The Hall–Kier alpha value is -2.39. The summed E-state index contributed by atoms with van der Waals surface area (Å²) >= 11 is 4.29. The molecule has 0 spiro atoms. The van der Waals surface area contributed by atoms with Crippen molar-refractivity contribution < 1.29 is 29.3 Å². The normalized spacial score (nSPS) is 10.3.